The molecule has 0 unspecified atom stereocenters. The van der Waals surface area contributed by atoms with Crippen LogP contribution < -0.4 is 19.1 Å². The molecule has 4 nitrogen and oxygen atoms in total. The van der Waals surface area contributed by atoms with Crippen molar-refractivity contribution in [3.63, 3.8) is 0 Å². The first kappa shape index (κ1) is 14.3. The van der Waals surface area contributed by atoms with E-state index >= 15 is 0 Å². The first-order valence-corrected chi connectivity index (χ1v) is 7.05. The Morgan fingerprint density at radius 2 is 1.59 bits per heavy atom. The number of rotatable bonds is 4. The quantitative estimate of drug-likeness (QED) is 0.856. The van der Waals surface area contributed by atoms with Crippen LogP contribution in [0.15, 0.2) is 48.7 Å². The van der Waals surface area contributed by atoms with Crippen molar-refractivity contribution >= 4 is 11.4 Å². The molecule has 0 aromatic heterocycles. The van der Waals surface area contributed by atoms with Gasteiger partial charge in [0.2, 0.25) is 5.75 Å². The molecule has 3 rings (SSSR count). The summed E-state index contributed by atoms with van der Waals surface area (Å²) in [4.78, 5) is 2.12. The largest absolute Gasteiger partial charge is 0.493 e. The molecule has 0 saturated carbocycles. The first-order chi connectivity index (χ1) is 10.7. The summed E-state index contributed by atoms with van der Waals surface area (Å²) in [7, 11) is 4.84. The molecule has 0 N–H and O–H groups in total. The first-order valence-electron chi connectivity index (χ1n) is 7.05. The second-order valence-corrected chi connectivity index (χ2v) is 5.09. The van der Waals surface area contributed by atoms with Crippen LogP contribution in [-0.4, -0.2) is 21.3 Å². The molecule has 0 aliphatic carbocycles. The maximum absolute atomic E-state index is 5.44. The van der Waals surface area contributed by atoms with Gasteiger partial charge in [-0.15, -0.1) is 0 Å². The second-order valence-electron chi connectivity index (χ2n) is 5.09. The van der Waals surface area contributed by atoms with Crippen molar-refractivity contribution in [2.45, 2.75) is 6.42 Å². The van der Waals surface area contributed by atoms with Crippen molar-refractivity contribution in [1.82, 2.24) is 0 Å². The van der Waals surface area contributed by atoms with Gasteiger partial charge in [0.05, 0.1) is 27.0 Å². The van der Waals surface area contributed by atoms with Crippen molar-refractivity contribution in [3.05, 3.63) is 54.2 Å². The van der Waals surface area contributed by atoms with E-state index in [9.17, 15) is 0 Å². The zero-order valence-corrected chi connectivity index (χ0v) is 13.1. The highest BCUT2D eigenvalue weighted by Gasteiger charge is 2.26. The zero-order chi connectivity index (χ0) is 15.7. The molecule has 0 atom stereocenters. The fraction of sp³-hybridized carbons (Fsp3) is 0.222. The van der Waals surface area contributed by atoms with Gasteiger partial charge in [-0.05, 0) is 11.6 Å². The van der Waals surface area contributed by atoms with Crippen LogP contribution >= 0.6 is 0 Å². The van der Waals surface area contributed by atoms with Crippen LogP contribution in [0.4, 0.5) is 11.4 Å². The molecule has 0 spiro atoms. The van der Waals surface area contributed by atoms with Crippen LogP contribution in [0.25, 0.3) is 0 Å². The van der Waals surface area contributed by atoms with Gasteiger partial charge in [0.25, 0.3) is 0 Å². The number of ether oxygens (including phenoxy) is 3. The maximum atomic E-state index is 5.44. The number of hydrogen-bond donors (Lipinski definition) is 0. The third-order valence-corrected chi connectivity index (χ3v) is 3.85. The van der Waals surface area contributed by atoms with Crippen molar-refractivity contribution < 1.29 is 14.2 Å². The Kier molecular flexibility index (Phi) is 3.67. The molecule has 0 saturated heterocycles. The van der Waals surface area contributed by atoms with E-state index in [0.717, 1.165) is 23.5 Å². The monoisotopic (exact) mass is 297 g/mol. The normalized spacial score (nSPS) is 13.0. The number of methoxy groups -OCH3 is 3. The minimum absolute atomic E-state index is 0.590. The van der Waals surface area contributed by atoms with E-state index in [1.54, 1.807) is 21.3 Å². The number of allylic oxidation sites excluding steroid dienone is 1. The molecule has 4 heteroatoms. The van der Waals surface area contributed by atoms with Crippen LogP contribution in [-0.2, 0) is 6.42 Å². The number of fused-ring (bicyclic) bond motifs is 1. The summed E-state index contributed by atoms with van der Waals surface area (Å²) in [5.74, 6) is 1.86. The highest BCUT2D eigenvalue weighted by atomic mass is 16.5. The van der Waals surface area contributed by atoms with Gasteiger partial charge in [-0.2, -0.15) is 0 Å². The minimum Gasteiger partial charge on any atom is -0.493 e. The van der Waals surface area contributed by atoms with Crippen LogP contribution in [0, 0.1) is 0 Å². The Bertz CT molecular complexity index is 699. The average Bonchev–Trinajstić information content (AvgIpc) is 2.89. The summed E-state index contributed by atoms with van der Waals surface area (Å²) in [5.41, 5.74) is 4.38. The zero-order valence-electron chi connectivity index (χ0n) is 13.1. The van der Waals surface area contributed by atoms with Gasteiger partial charge in [-0.1, -0.05) is 24.8 Å². The lowest BCUT2D eigenvalue weighted by Gasteiger charge is -2.23. The van der Waals surface area contributed by atoms with Gasteiger partial charge in [-0.3, -0.25) is 0 Å². The molecule has 1 heterocycles. The molecule has 2 aromatic rings. The Balaban J connectivity index is 2.15. The summed E-state index contributed by atoms with van der Waals surface area (Å²) in [6.07, 6.45) is 0.840. The van der Waals surface area contributed by atoms with Gasteiger partial charge in [0.15, 0.2) is 11.5 Å². The molecule has 0 radical (unpaired) electrons. The van der Waals surface area contributed by atoms with Crippen LogP contribution in [0.5, 0.6) is 17.2 Å². The average molecular weight is 297 g/mol. The van der Waals surface area contributed by atoms with E-state index in [1.165, 1.54) is 5.56 Å². The smallest absolute Gasteiger partial charge is 0.203 e. The molecule has 0 bridgehead atoms. The number of benzene rings is 2. The molecule has 1 aliphatic rings. The van der Waals surface area contributed by atoms with Gasteiger partial charge in [0, 0.05) is 29.9 Å². The highest BCUT2D eigenvalue weighted by molar-refractivity contribution is 5.78. The fourth-order valence-electron chi connectivity index (χ4n) is 2.87. The van der Waals surface area contributed by atoms with Gasteiger partial charge >= 0.3 is 0 Å². The summed E-state index contributed by atoms with van der Waals surface area (Å²) in [5, 5.41) is 0. The summed E-state index contributed by atoms with van der Waals surface area (Å²) in [6.45, 7) is 4.19. The third kappa shape index (κ3) is 2.17. The van der Waals surface area contributed by atoms with E-state index in [2.05, 4.69) is 23.6 Å². The standard InChI is InChI=1S/C18H19NO3/c1-12-9-13-7-5-6-8-15(13)19(12)14-10-16(20-2)18(22-4)17(11-14)21-3/h5-8,10-11H,1,9H2,2-4H3. The molecular formula is C18H19NO3. The summed E-state index contributed by atoms with van der Waals surface area (Å²) >= 11 is 0. The molecule has 0 fully saturated rings. The summed E-state index contributed by atoms with van der Waals surface area (Å²) in [6, 6.07) is 12.2. The fourth-order valence-corrected chi connectivity index (χ4v) is 2.87. The predicted octanol–water partition coefficient (Wildman–Crippen LogP) is 3.92. The number of para-hydroxylation sites is 1. The second kappa shape index (κ2) is 5.64. The molecular weight excluding hydrogens is 278 g/mol. The Labute approximate surface area is 130 Å². The maximum Gasteiger partial charge on any atom is 0.203 e. The van der Waals surface area contributed by atoms with E-state index in [0.29, 0.717) is 17.2 Å². The van der Waals surface area contributed by atoms with E-state index in [-0.39, 0.29) is 0 Å². The molecule has 114 valence electrons. The molecule has 1 aliphatic heterocycles. The molecule has 2 aromatic carbocycles. The van der Waals surface area contributed by atoms with Crippen LogP contribution in [0.1, 0.15) is 5.56 Å². The SMILES string of the molecule is C=C1Cc2ccccc2N1c1cc(OC)c(OC)c(OC)c1. The van der Waals surface area contributed by atoms with Gasteiger partial charge < -0.3 is 19.1 Å². The minimum atomic E-state index is 0.590. The number of anilines is 2. The van der Waals surface area contributed by atoms with E-state index in [4.69, 9.17) is 14.2 Å². The Morgan fingerprint density at radius 3 is 2.18 bits per heavy atom. The highest BCUT2D eigenvalue weighted by Crippen LogP contribution is 2.46. The molecule has 22 heavy (non-hydrogen) atoms. The lowest BCUT2D eigenvalue weighted by molar-refractivity contribution is 0.324. The molecule has 0 amide bonds. The third-order valence-electron chi connectivity index (χ3n) is 3.85. The number of nitrogens with zero attached hydrogens (tertiary/aromatic N) is 1. The van der Waals surface area contributed by atoms with Crippen LogP contribution in [0.3, 0.4) is 0 Å². The van der Waals surface area contributed by atoms with E-state index < -0.39 is 0 Å². The van der Waals surface area contributed by atoms with Crippen molar-refractivity contribution in [2.75, 3.05) is 26.2 Å². The number of hydrogen-bond acceptors (Lipinski definition) is 4. The lowest BCUT2D eigenvalue weighted by atomic mass is 10.1. The topological polar surface area (TPSA) is 30.9 Å². The van der Waals surface area contributed by atoms with Crippen molar-refractivity contribution in [2.24, 2.45) is 0 Å². The summed E-state index contributed by atoms with van der Waals surface area (Å²) < 4.78 is 16.3. The lowest BCUT2D eigenvalue weighted by Crippen LogP contribution is -2.11. The van der Waals surface area contributed by atoms with Crippen molar-refractivity contribution in [1.29, 1.82) is 0 Å². The van der Waals surface area contributed by atoms with Gasteiger partial charge in [0.1, 0.15) is 0 Å². The Hall–Kier alpha value is -2.62. The van der Waals surface area contributed by atoms with Crippen molar-refractivity contribution in [3.8, 4) is 17.2 Å². The predicted molar refractivity (Wildman–Crippen MR) is 87.5 cm³/mol. The Morgan fingerprint density at radius 1 is 0.955 bits per heavy atom. The van der Waals surface area contributed by atoms with E-state index in [1.807, 2.05) is 24.3 Å². The van der Waals surface area contributed by atoms with Crippen LogP contribution in [0.2, 0.25) is 0 Å². The van der Waals surface area contributed by atoms with Gasteiger partial charge in [-0.25, -0.2) is 0 Å².